The predicted octanol–water partition coefficient (Wildman–Crippen LogP) is 2.80. The Hall–Kier alpha value is -0.570. The van der Waals surface area contributed by atoms with E-state index in [2.05, 4.69) is 44.8 Å². The van der Waals surface area contributed by atoms with Gasteiger partial charge in [-0.25, -0.2) is 0 Å². The molecule has 0 saturated carbocycles. The summed E-state index contributed by atoms with van der Waals surface area (Å²) in [5, 5.41) is 3.39. The molecule has 0 aromatic rings. The van der Waals surface area contributed by atoms with Gasteiger partial charge in [-0.05, 0) is 32.1 Å². The molecule has 1 fully saturated rings. The lowest BCUT2D eigenvalue weighted by molar-refractivity contribution is -0.138. The molecule has 1 aliphatic rings. The standard InChI is InChI=1S/C15H30N2O/c1-6-12(4)10-13(5)17-9-7-8-14(15(17)18)16-11(2)3/h11-14,16H,6-10H2,1-5H3. The molecule has 0 aromatic heterocycles. The maximum absolute atomic E-state index is 12.4. The number of carbonyl (C=O) groups excluding carboxylic acids is 1. The van der Waals surface area contributed by atoms with E-state index in [4.69, 9.17) is 0 Å². The Morgan fingerprint density at radius 2 is 2.00 bits per heavy atom. The highest BCUT2D eigenvalue weighted by atomic mass is 16.2. The fourth-order valence-corrected chi connectivity index (χ4v) is 2.77. The molecule has 3 atom stereocenters. The van der Waals surface area contributed by atoms with Crippen LogP contribution in [0.5, 0.6) is 0 Å². The van der Waals surface area contributed by atoms with Crippen LogP contribution in [0.4, 0.5) is 0 Å². The molecule has 0 aromatic carbocycles. The number of carbonyl (C=O) groups is 1. The third-order valence-electron chi connectivity index (χ3n) is 3.98. The van der Waals surface area contributed by atoms with Crippen molar-refractivity contribution in [3.63, 3.8) is 0 Å². The number of amides is 1. The fraction of sp³-hybridized carbons (Fsp3) is 0.933. The number of nitrogens with one attached hydrogen (secondary N) is 1. The molecule has 1 saturated heterocycles. The van der Waals surface area contributed by atoms with Crippen LogP contribution in [0.1, 0.15) is 60.3 Å². The Bertz CT molecular complexity index is 265. The van der Waals surface area contributed by atoms with E-state index in [1.54, 1.807) is 0 Å². The summed E-state index contributed by atoms with van der Waals surface area (Å²) in [5.41, 5.74) is 0. The van der Waals surface area contributed by atoms with Gasteiger partial charge in [0.15, 0.2) is 0 Å². The third-order valence-corrected chi connectivity index (χ3v) is 3.98. The quantitative estimate of drug-likeness (QED) is 0.790. The van der Waals surface area contributed by atoms with Crippen LogP contribution in [0.3, 0.4) is 0 Å². The molecule has 1 heterocycles. The molecule has 106 valence electrons. The monoisotopic (exact) mass is 254 g/mol. The molecular formula is C15H30N2O. The number of likely N-dealkylation sites (tertiary alicyclic amines) is 1. The maximum atomic E-state index is 12.4. The molecule has 1 rings (SSSR count). The first-order valence-electron chi connectivity index (χ1n) is 7.52. The lowest BCUT2D eigenvalue weighted by Crippen LogP contribution is -2.55. The largest absolute Gasteiger partial charge is 0.339 e. The molecule has 3 nitrogen and oxygen atoms in total. The van der Waals surface area contributed by atoms with Gasteiger partial charge in [-0.1, -0.05) is 34.1 Å². The highest BCUT2D eigenvalue weighted by Crippen LogP contribution is 2.20. The average molecular weight is 254 g/mol. The van der Waals surface area contributed by atoms with E-state index in [0.717, 1.165) is 25.8 Å². The average Bonchev–Trinajstić information content (AvgIpc) is 2.31. The zero-order chi connectivity index (χ0) is 13.7. The second-order valence-corrected chi connectivity index (χ2v) is 6.15. The third kappa shape index (κ3) is 4.27. The van der Waals surface area contributed by atoms with E-state index in [9.17, 15) is 4.79 Å². The summed E-state index contributed by atoms with van der Waals surface area (Å²) in [4.78, 5) is 14.5. The minimum atomic E-state index is 0.0399. The molecule has 1 amide bonds. The highest BCUT2D eigenvalue weighted by Gasteiger charge is 2.31. The Morgan fingerprint density at radius 1 is 1.33 bits per heavy atom. The summed E-state index contributed by atoms with van der Waals surface area (Å²) >= 11 is 0. The number of nitrogens with zero attached hydrogens (tertiary/aromatic N) is 1. The minimum Gasteiger partial charge on any atom is -0.339 e. The number of rotatable bonds is 6. The Balaban J connectivity index is 2.57. The first-order valence-corrected chi connectivity index (χ1v) is 7.52. The van der Waals surface area contributed by atoms with Gasteiger partial charge < -0.3 is 10.2 Å². The highest BCUT2D eigenvalue weighted by molar-refractivity contribution is 5.82. The van der Waals surface area contributed by atoms with Crippen LogP contribution < -0.4 is 5.32 Å². The smallest absolute Gasteiger partial charge is 0.239 e. The number of hydrogen-bond donors (Lipinski definition) is 1. The van der Waals surface area contributed by atoms with Crippen molar-refractivity contribution in [2.75, 3.05) is 6.54 Å². The minimum absolute atomic E-state index is 0.0399. The van der Waals surface area contributed by atoms with Crippen LogP contribution in [0.15, 0.2) is 0 Å². The topological polar surface area (TPSA) is 32.3 Å². The lowest BCUT2D eigenvalue weighted by Gasteiger charge is -2.38. The van der Waals surface area contributed by atoms with Crippen molar-refractivity contribution in [2.45, 2.75) is 78.4 Å². The van der Waals surface area contributed by atoms with E-state index in [0.29, 0.717) is 23.9 Å². The molecular weight excluding hydrogens is 224 g/mol. The summed E-state index contributed by atoms with van der Waals surface area (Å²) < 4.78 is 0. The Labute approximate surface area is 112 Å². The SMILES string of the molecule is CCC(C)CC(C)N1CCCC(NC(C)C)C1=O. The lowest BCUT2D eigenvalue weighted by atomic mass is 9.96. The number of piperidine rings is 1. The van der Waals surface area contributed by atoms with E-state index in [1.165, 1.54) is 6.42 Å². The molecule has 0 radical (unpaired) electrons. The number of hydrogen-bond acceptors (Lipinski definition) is 2. The van der Waals surface area contributed by atoms with Crippen molar-refractivity contribution >= 4 is 5.91 Å². The van der Waals surface area contributed by atoms with Crippen LogP contribution in [-0.4, -0.2) is 35.5 Å². The van der Waals surface area contributed by atoms with Gasteiger partial charge >= 0.3 is 0 Å². The molecule has 1 aliphatic heterocycles. The van der Waals surface area contributed by atoms with Gasteiger partial charge in [0.05, 0.1) is 6.04 Å². The Kier molecular flexibility index (Phi) is 6.13. The van der Waals surface area contributed by atoms with Crippen molar-refractivity contribution in [1.82, 2.24) is 10.2 Å². The summed E-state index contributed by atoms with van der Waals surface area (Å²) in [6, 6.07) is 0.797. The van der Waals surface area contributed by atoms with Crippen molar-refractivity contribution in [3.8, 4) is 0 Å². The molecule has 3 unspecified atom stereocenters. The van der Waals surface area contributed by atoms with Gasteiger partial charge in [-0.15, -0.1) is 0 Å². The fourth-order valence-electron chi connectivity index (χ4n) is 2.77. The van der Waals surface area contributed by atoms with E-state index in [1.807, 2.05) is 0 Å². The summed E-state index contributed by atoms with van der Waals surface area (Å²) in [6.07, 6.45) is 4.43. The molecule has 0 bridgehead atoms. The molecule has 0 spiro atoms. The van der Waals surface area contributed by atoms with Crippen molar-refractivity contribution in [2.24, 2.45) is 5.92 Å². The summed E-state index contributed by atoms with van der Waals surface area (Å²) in [6.45, 7) is 11.8. The van der Waals surface area contributed by atoms with Crippen LogP contribution in [0.2, 0.25) is 0 Å². The van der Waals surface area contributed by atoms with Crippen LogP contribution in [0, 0.1) is 5.92 Å². The van der Waals surface area contributed by atoms with Crippen molar-refractivity contribution < 1.29 is 4.79 Å². The zero-order valence-electron chi connectivity index (χ0n) is 12.7. The van der Waals surface area contributed by atoms with Crippen LogP contribution in [-0.2, 0) is 4.79 Å². The van der Waals surface area contributed by atoms with Gasteiger partial charge in [-0.2, -0.15) is 0 Å². The molecule has 1 N–H and O–H groups in total. The second-order valence-electron chi connectivity index (χ2n) is 6.15. The van der Waals surface area contributed by atoms with E-state index >= 15 is 0 Å². The molecule has 0 aliphatic carbocycles. The molecule has 18 heavy (non-hydrogen) atoms. The first-order chi connectivity index (χ1) is 8.45. The zero-order valence-corrected chi connectivity index (χ0v) is 12.7. The summed E-state index contributed by atoms with van der Waals surface area (Å²) in [7, 11) is 0. The first kappa shape index (κ1) is 15.5. The summed E-state index contributed by atoms with van der Waals surface area (Å²) in [5.74, 6) is 1.01. The maximum Gasteiger partial charge on any atom is 0.239 e. The Morgan fingerprint density at radius 3 is 2.56 bits per heavy atom. The van der Waals surface area contributed by atoms with Crippen molar-refractivity contribution in [1.29, 1.82) is 0 Å². The van der Waals surface area contributed by atoms with Gasteiger partial charge in [0, 0.05) is 18.6 Å². The van der Waals surface area contributed by atoms with Crippen LogP contribution in [0.25, 0.3) is 0 Å². The van der Waals surface area contributed by atoms with Gasteiger partial charge in [0.25, 0.3) is 0 Å². The van der Waals surface area contributed by atoms with Gasteiger partial charge in [0.1, 0.15) is 0 Å². The second kappa shape index (κ2) is 7.13. The van der Waals surface area contributed by atoms with E-state index < -0.39 is 0 Å². The van der Waals surface area contributed by atoms with Crippen molar-refractivity contribution in [3.05, 3.63) is 0 Å². The normalized spacial score (nSPS) is 24.4. The molecule has 3 heteroatoms. The van der Waals surface area contributed by atoms with Gasteiger partial charge in [0.2, 0.25) is 5.91 Å². The van der Waals surface area contributed by atoms with Crippen LogP contribution >= 0.6 is 0 Å². The predicted molar refractivity (Wildman–Crippen MR) is 76.5 cm³/mol. The van der Waals surface area contributed by atoms with E-state index in [-0.39, 0.29) is 6.04 Å². The van der Waals surface area contributed by atoms with Gasteiger partial charge in [-0.3, -0.25) is 4.79 Å².